The largest absolute Gasteiger partial charge is 0.482 e. The zero-order valence-electron chi connectivity index (χ0n) is 26.5. The van der Waals surface area contributed by atoms with Gasteiger partial charge >= 0.3 is 0 Å². The average molecular weight is 613 g/mol. The maximum Gasteiger partial charge on any atom is 0.257 e. The van der Waals surface area contributed by atoms with E-state index >= 15 is 0 Å². The molecule has 3 aromatic rings. The number of hydrogen-bond donors (Lipinski definition) is 2. The molecule has 3 amide bonds. The number of carbonyl (C=O) groups excluding carboxylic acids is 3. The molecular formula is C33H40N8O4. The summed E-state index contributed by atoms with van der Waals surface area (Å²) in [5, 5.41) is 14.5. The van der Waals surface area contributed by atoms with Crippen LogP contribution in [0.2, 0.25) is 0 Å². The van der Waals surface area contributed by atoms with Crippen molar-refractivity contribution >= 4 is 23.5 Å². The molecule has 45 heavy (non-hydrogen) atoms. The lowest BCUT2D eigenvalue weighted by atomic mass is 10.0. The lowest BCUT2D eigenvalue weighted by Crippen LogP contribution is -2.54. The van der Waals surface area contributed by atoms with Gasteiger partial charge in [-0.05, 0) is 76.4 Å². The number of aromatic nitrogens is 4. The summed E-state index contributed by atoms with van der Waals surface area (Å²) in [5.74, 6) is 0.839. The topological polar surface area (TPSA) is 143 Å². The molecule has 12 heteroatoms. The van der Waals surface area contributed by atoms with Crippen molar-refractivity contribution in [1.82, 2.24) is 35.3 Å². The molecule has 0 radical (unpaired) electrons. The van der Waals surface area contributed by atoms with Crippen LogP contribution in [0.15, 0.2) is 43.1 Å². The Balaban J connectivity index is 1.44. The van der Waals surface area contributed by atoms with E-state index in [1.165, 1.54) is 13.1 Å². The molecular weight excluding hydrogens is 572 g/mol. The Hall–Kier alpha value is -4.71. The Labute approximate surface area is 263 Å². The quantitative estimate of drug-likeness (QED) is 0.329. The van der Waals surface area contributed by atoms with Gasteiger partial charge in [-0.25, -0.2) is 9.97 Å². The highest BCUT2D eigenvalue weighted by Gasteiger charge is 2.31. The van der Waals surface area contributed by atoms with Crippen molar-refractivity contribution in [2.24, 2.45) is 0 Å². The van der Waals surface area contributed by atoms with Gasteiger partial charge in [-0.2, -0.15) is 10.2 Å². The van der Waals surface area contributed by atoms with Gasteiger partial charge < -0.3 is 20.3 Å². The van der Waals surface area contributed by atoms with Crippen LogP contribution < -0.4 is 15.4 Å². The fourth-order valence-corrected chi connectivity index (χ4v) is 5.51. The minimum Gasteiger partial charge on any atom is -0.482 e. The molecule has 12 nitrogen and oxygen atoms in total. The van der Waals surface area contributed by atoms with E-state index in [2.05, 4.69) is 42.3 Å². The van der Waals surface area contributed by atoms with Gasteiger partial charge in [-0.3, -0.25) is 19.3 Å². The van der Waals surface area contributed by atoms with Crippen molar-refractivity contribution in [3.05, 3.63) is 82.6 Å². The van der Waals surface area contributed by atoms with Crippen LogP contribution in [0.25, 0.3) is 0 Å². The first-order chi connectivity index (χ1) is 21.6. The van der Waals surface area contributed by atoms with Gasteiger partial charge in [0.25, 0.3) is 11.8 Å². The van der Waals surface area contributed by atoms with E-state index < -0.39 is 17.9 Å². The summed E-state index contributed by atoms with van der Waals surface area (Å²) in [6, 6.07) is 7.17. The highest BCUT2D eigenvalue weighted by molar-refractivity contribution is 6.07. The van der Waals surface area contributed by atoms with E-state index in [1.807, 2.05) is 30.9 Å². The normalized spacial score (nSPS) is 17.4. The highest BCUT2D eigenvalue weighted by atomic mass is 16.5. The van der Waals surface area contributed by atoms with Gasteiger partial charge in [0.15, 0.2) is 6.10 Å². The van der Waals surface area contributed by atoms with Crippen LogP contribution >= 0.6 is 0 Å². The van der Waals surface area contributed by atoms with Gasteiger partial charge in [-0.1, -0.05) is 6.58 Å². The summed E-state index contributed by atoms with van der Waals surface area (Å²) >= 11 is 0. The summed E-state index contributed by atoms with van der Waals surface area (Å²) in [5.41, 5.74) is 3.48. The van der Waals surface area contributed by atoms with Crippen molar-refractivity contribution in [3.8, 4) is 5.75 Å². The van der Waals surface area contributed by atoms with Gasteiger partial charge in [-0.15, -0.1) is 0 Å². The Bertz CT molecular complexity index is 1600. The number of amides is 3. The number of ether oxygens (including phenoxy) is 1. The number of rotatable bonds is 10. The molecule has 2 aliphatic rings. The number of carbonyl (C=O) groups is 3. The third kappa shape index (κ3) is 7.34. The lowest BCUT2D eigenvalue weighted by molar-refractivity contribution is -0.130. The zero-order valence-corrected chi connectivity index (χ0v) is 26.5. The first-order valence-electron chi connectivity index (χ1n) is 15.2. The first kappa shape index (κ1) is 31.7. The Morgan fingerprint density at radius 1 is 1.07 bits per heavy atom. The highest BCUT2D eigenvalue weighted by Crippen LogP contribution is 2.39. The monoisotopic (exact) mass is 612 g/mol. The van der Waals surface area contributed by atoms with E-state index in [0.29, 0.717) is 66.3 Å². The predicted octanol–water partition coefficient (Wildman–Crippen LogP) is 3.52. The zero-order chi connectivity index (χ0) is 32.2. The van der Waals surface area contributed by atoms with Gasteiger partial charge in [0.2, 0.25) is 5.91 Å². The number of nitrogens with one attached hydrogen (secondary N) is 2. The summed E-state index contributed by atoms with van der Waals surface area (Å²) in [6.45, 7) is 13.3. The molecule has 2 N–H and O–H groups in total. The Kier molecular flexibility index (Phi) is 9.52. The second-order valence-electron chi connectivity index (χ2n) is 11.8. The van der Waals surface area contributed by atoms with E-state index in [4.69, 9.17) is 4.74 Å². The molecule has 2 atom stereocenters. The molecule has 1 saturated carbocycles. The SMILES string of the molecule is C=CC(=O)N1CCN(CC(Oc2cc(C)c(C(=O)Nc3nc(C)ncc3C)cc2C(=O)NC)c2ccc(C3CC3)nn2)C[C@H]1C. The smallest absolute Gasteiger partial charge is 0.257 e. The molecule has 1 saturated heterocycles. The van der Waals surface area contributed by atoms with E-state index in [9.17, 15) is 14.4 Å². The minimum absolute atomic E-state index is 0.0167. The molecule has 0 spiro atoms. The number of hydrogen-bond acceptors (Lipinski definition) is 9. The predicted molar refractivity (Wildman–Crippen MR) is 169 cm³/mol. The molecule has 236 valence electrons. The maximum atomic E-state index is 13.4. The molecule has 5 rings (SSSR count). The van der Waals surface area contributed by atoms with Gasteiger partial charge in [0.05, 0.1) is 11.3 Å². The van der Waals surface area contributed by atoms with Crippen molar-refractivity contribution in [2.75, 3.05) is 38.5 Å². The fraction of sp³-hybridized carbons (Fsp3) is 0.424. The third-order valence-corrected chi connectivity index (χ3v) is 8.26. The number of piperazine rings is 1. The molecule has 1 aliphatic carbocycles. The second kappa shape index (κ2) is 13.5. The number of benzene rings is 1. The summed E-state index contributed by atoms with van der Waals surface area (Å²) in [7, 11) is 1.53. The molecule has 3 heterocycles. The summed E-state index contributed by atoms with van der Waals surface area (Å²) < 4.78 is 6.62. The molecule has 1 aliphatic heterocycles. The fourth-order valence-electron chi connectivity index (χ4n) is 5.51. The van der Waals surface area contributed by atoms with Crippen LogP contribution in [0.5, 0.6) is 5.75 Å². The molecule has 2 aromatic heterocycles. The second-order valence-corrected chi connectivity index (χ2v) is 11.8. The standard InChI is InChI=1S/C33H40N8O4/c1-7-30(42)41-13-12-40(17-21(41)4)18-29(27-11-10-26(38-39-27)23-8-9-23)45-28-14-19(2)24(15-25(28)32(43)34-6)33(44)37-31-20(3)16-35-22(5)36-31/h7,10-11,14-16,21,23,29H,1,8-9,12-13,17-18H2,2-6H3,(H,34,43)(H,35,36,37,44)/t21-,29?/m1/s1. The maximum absolute atomic E-state index is 13.4. The number of aryl methyl sites for hydroxylation is 3. The molecule has 2 fully saturated rings. The number of anilines is 1. The Morgan fingerprint density at radius 3 is 2.49 bits per heavy atom. The number of nitrogens with zero attached hydrogens (tertiary/aromatic N) is 6. The van der Waals surface area contributed by atoms with Crippen LogP contribution in [0.3, 0.4) is 0 Å². The molecule has 0 bridgehead atoms. The van der Waals surface area contributed by atoms with Crippen molar-refractivity contribution < 1.29 is 19.1 Å². The van der Waals surface area contributed by atoms with Crippen molar-refractivity contribution in [3.63, 3.8) is 0 Å². The Morgan fingerprint density at radius 2 is 1.84 bits per heavy atom. The van der Waals surface area contributed by atoms with E-state index in [0.717, 1.165) is 24.1 Å². The lowest BCUT2D eigenvalue weighted by Gasteiger charge is -2.40. The van der Waals surface area contributed by atoms with Crippen molar-refractivity contribution in [2.45, 2.75) is 58.6 Å². The van der Waals surface area contributed by atoms with Crippen molar-refractivity contribution in [1.29, 1.82) is 0 Å². The summed E-state index contributed by atoms with van der Waals surface area (Å²) in [6.07, 6.45) is 4.65. The van der Waals surface area contributed by atoms with E-state index in [-0.39, 0.29) is 17.5 Å². The van der Waals surface area contributed by atoms with Crippen LogP contribution in [-0.2, 0) is 4.79 Å². The van der Waals surface area contributed by atoms with E-state index in [1.54, 1.807) is 32.2 Å². The van der Waals surface area contributed by atoms with Crippen LogP contribution in [0.1, 0.15) is 80.8 Å². The molecule has 1 aromatic carbocycles. The van der Waals surface area contributed by atoms with Gasteiger partial charge in [0, 0.05) is 62.5 Å². The van der Waals surface area contributed by atoms with Crippen LogP contribution in [0.4, 0.5) is 5.82 Å². The first-order valence-corrected chi connectivity index (χ1v) is 15.2. The molecule has 1 unspecified atom stereocenters. The van der Waals surface area contributed by atoms with Crippen LogP contribution in [0, 0.1) is 20.8 Å². The average Bonchev–Trinajstić information content (AvgIpc) is 3.88. The summed E-state index contributed by atoms with van der Waals surface area (Å²) in [4.78, 5) is 51.4. The van der Waals surface area contributed by atoms with Gasteiger partial charge in [0.1, 0.15) is 23.1 Å². The minimum atomic E-state index is -0.575. The third-order valence-electron chi connectivity index (χ3n) is 8.26. The van der Waals surface area contributed by atoms with Crippen LogP contribution in [-0.4, -0.2) is 87.0 Å².